The van der Waals surface area contributed by atoms with Crippen molar-refractivity contribution < 1.29 is 19.8 Å². The first-order chi connectivity index (χ1) is 6.45. The Labute approximate surface area is 82.5 Å². The lowest BCUT2D eigenvalue weighted by molar-refractivity contribution is -0.132. The van der Waals surface area contributed by atoms with Gasteiger partial charge >= 0.3 is 5.97 Å². The molecule has 0 atom stereocenters. The van der Waals surface area contributed by atoms with Crippen LogP contribution in [-0.2, 0) is 9.59 Å². The van der Waals surface area contributed by atoms with Crippen molar-refractivity contribution in [2.24, 2.45) is 5.73 Å². The molecule has 0 fully saturated rings. The highest BCUT2D eigenvalue weighted by molar-refractivity contribution is 5.85. The minimum absolute atomic E-state index is 0.00458. The minimum Gasteiger partial charge on any atom is -0.478 e. The molecule has 0 radical (unpaired) electrons. The smallest absolute Gasteiger partial charge is 0.330 e. The molecule has 4 N–H and O–H groups in total. The molecule has 0 aromatic heterocycles. The molecule has 0 saturated carbocycles. The van der Waals surface area contributed by atoms with E-state index in [1.165, 1.54) is 13.0 Å². The molecule has 0 heterocycles. The van der Waals surface area contributed by atoms with Crippen molar-refractivity contribution in [1.29, 1.82) is 0 Å². The molecule has 0 aromatic carbocycles. The number of primary amides is 1. The SMILES string of the molecule is C=CC(N)=O.CC(=CCCO)C(=O)O. The predicted molar refractivity (Wildman–Crippen MR) is 52.5 cm³/mol. The Bertz CT molecular complexity index is 233. The maximum absolute atomic E-state index is 10.1. The number of aliphatic hydroxyl groups is 1. The Morgan fingerprint density at radius 1 is 1.50 bits per heavy atom. The molecule has 0 spiro atoms. The van der Waals surface area contributed by atoms with Crippen LogP contribution in [0.2, 0.25) is 0 Å². The molecule has 0 aliphatic rings. The molecular formula is C9H15NO4. The first-order valence-electron chi connectivity index (χ1n) is 3.88. The summed E-state index contributed by atoms with van der Waals surface area (Å²) in [7, 11) is 0. The molecule has 1 amide bonds. The maximum atomic E-state index is 10.1. The molecule has 0 bridgehead atoms. The number of rotatable bonds is 4. The van der Waals surface area contributed by atoms with Crippen LogP contribution in [0.25, 0.3) is 0 Å². The van der Waals surface area contributed by atoms with E-state index in [0.717, 1.165) is 6.08 Å². The summed E-state index contributed by atoms with van der Waals surface area (Å²) in [6, 6.07) is 0. The van der Waals surface area contributed by atoms with Gasteiger partial charge in [-0.1, -0.05) is 12.7 Å². The monoisotopic (exact) mass is 201 g/mol. The molecule has 14 heavy (non-hydrogen) atoms. The number of hydrogen-bond donors (Lipinski definition) is 3. The van der Waals surface area contributed by atoms with Crippen molar-refractivity contribution in [3.05, 3.63) is 24.3 Å². The van der Waals surface area contributed by atoms with E-state index < -0.39 is 11.9 Å². The van der Waals surface area contributed by atoms with Gasteiger partial charge in [-0.15, -0.1) is 0 Å². The third-order valence-electron chi connectivity index (χ3n) is 1.12. The quantitative estimate of drug-likeness (QED) is 0.560. The average Bonchev–Trinajstić information content (AvgIpc) is 2.14. The summed E-state index contributed by atoms with van der Waals surface area (Å²) >= 11 is 0. The van der Waals surface area contributed by atoms with E-state index in [4.69, 9.17) is 10.2 Å². The summed E-state index contributed by atoms with van der Waals surface area (Å²) in [5, 5.41) is 16.5. The molecule has 5 heteroatoms. The number of carbonyl (C=O) groups excluding carboxylic acids is 1. The number of hydrogen-bond acceptors (Lipinski definition) is 3. The predicted octanol–water partition coefficient (Wildman–Crippen LogP) is 0.0574. The largest absolute Gasteiger partial charge is 0.478 e. The van der Waals surface area contributed by atoms with E-state index in [-0.39, 0.29) is 12.2 Å². The van der Waals surface area contributed by atoms with Gasteiger partial charge in [-0.3, -0.25) is 4.79 Å². The topological polar surface area (TPSA) is 101 Å². The van der Waals surface area contributed by atoms with Gasteiger partial charge in [0.15, 0.2) is 0 Å². The fourth-order valence-corrected chi connectivity index (χ4v) is 0.368. The zero-order valence-corrected chi connectivity index (χ0v) is 8.06. The van der Waals surface area contributed by atoms with Crippen LogP contribution in [0, 0.1) is 0 Å². The highest BCUT2D eigenvalue weighted by Gasteiger charge is 1.96. The van der Waals surface area contributed by atoms with Gasteiger partial charge in [0.2, 0.25) is 5.91 Å². The summed E-state index contributed by atoms with van der Waals surface area (Å²) in [6.07, 6.45) is 2.96. The van der Waals surface area contributed by atoms with E-state index in [1.807, 2.05) is 0 Å². The van der Waals surface area contributed by atoms with Gasteiger partial charge in [0, 0.05) is 12.2 Å². The summed E-state index contributed by atoms with van der Waals surface area (Å²) in [5.41, 5.74) is 4.82. The molecular weight excluding hydrogens is 186 g/mol. The van der Waals surface area contributed by atoms with Crippen LogP contribution in [0.4, 0.5) is 0 Å². The van der Waals surface area contributed by atoms with E-state index in [1.54, 1.807) is 0 Å². The highest BCUT2D eigenvalue weighted by Crippen LogP contribution is 1.93. The normalized spacial score (nSPS) is 9.71. The Morgan fingerprint density at radius 2 is 1.93 bits per heavy atom. The minimum atomic E-state index is -0.927. The van der Waals surface area contributed by atoms with Gasteiger partial charge in [0.25, 0.3) is 0 Å². The first kappa shape index (κ1) is 14.9. The van der Waals surface area contributed by atoms with Crippen LogP contribution in [0.15, 0.2) is 24.3 Å². The molecule has 0 unspecified atom stereocenters. The summed E-state index contributed by atoms with van der Waals surface area (Å²) in [4.78, 5) is 19.5. The van der Waals surface area contributed by atoms with Crippen LogP contribution >= 0.6 is 0 Å². The summed E-state index contributed by atoms with van der Waals surface area (Å²) in [5.74, 6) is -1.41. The van der Waals surface area contributed by atoms with Gasteiger partial charge in [0.1, 0.15) is 0 Å². The Kier molecular flexibility index (Phi) is 10.1. The van der Waals surface area contributed by atoms with Crippen molar-refractivity contribution in [3.8, 4) is 0 Å². The van der Waals surface area contributed by atoms with Crippen molar-refractivity contribution in [3.63, 3.8) is 0 Å². The third kappa shape index (κ3) is 13.0. The van der Waals surface area contributed by atoms with Crippen LogP contribution < -0.4 is 5.73 Å². The molecule has 0 aliphatic heterocycles. The summed E-state index contributed by atoms with van der Waals surface area (Å²) < 4.78 is 0. The van der Waals surface area contributed by atoms with Gasteiger partial charge in [-0.25, -0.2) is 4.79 Å². The Hall–Kier alpha value is -1.62. The third-order valence-corrected chi connectivity index (χ3v) is 1.12. The number of carbonyl (C=O) groups is 2. The lowest BCUT2D eigenvalue weighted by Gasteiger charge is -1.89. The number of carboxylic acids is 1. The average molecular weight is 201 g/mol. The highest BCUT2D eigenvalue weighted by atomic mass is 16.4. The van der Waals surface area contributed by atoms with Crippen LogP contribution in [0.1, 0.15) is 13.3 Å². The van der Waals surface area contributed by atoms with Gasteiger partial charge in [-0.2, -0.15) is 0 Å². The second-order valence-corrected chi connectivity index (χ2v) is 2.31. The number of aliphatic hydroxyl groups excluding tert-OH is 1. The number of nitrogens with two attached hydrogens (primary N) is 1. The van der Waals surface area contributed by atoms with Gasteiger partial charge in [-0.05, 0) is 19.4 Å². The zero-order valence-electron chi connectivity index (χ0n) is 8.06. The first-order valence-corrected chi connectivity index (χ1v) is 3.88. The van der Waals surface area contributed by atoms with E-state index >= 15 is 0 Å². The van der Waals surface area contributed by atoms with Crippen molar-refractivity contribution >= 4 is 11.9 Å². The molecule has 80 valence electrons. The number of aliphatic carboxylic acids is 1. The fourth-order valence-electron chi connectivity index (χ4n) is 0.368. The molecule has 0 rings (SSSR count). The molecule has 0 saturated heterocycles. The van der Waals surface area contributed by atoms with Gasteiger partial charge < -0.3 is 15.9 Å². The van der Waals surface area contributed by atoms with Crippen molar-refractivity contribution in [2.45, 2.75) is 13.3 Å². The molecule has 0 aliphatic carbocycles. The second-order valence-electron chi connectivity index (χ2n) is 2.31. The maximum Gasteiger partial charge on any atom is 0.330 e. The number of amides is 1. The van der Waals surface area contributed by atoms with Crippen LogP contribution in [0.3, 0.4) is 0 Å². The molecule has 0 aromatic rings. The summed E-state index contributed by atoms with van der Waals surface area (Å²) in [6.45, 7) is 4.59. The standard InChI is InChI=1S/C6H10O3.C3H5NO/c1-5(6(8)9)3-2-4-7;1-2-3(4)5/h3,7H,2,4H2,1H3,(H,8,9);2H,1H2,(H2,4,5). The Morgan fingerprint density at radius 3 is 2.14 bits per heavy atom. The van der Waals surface area contributed by atoms with Gasteiger partial charge in [0.05, 0.1) is 0 Å². The second kappa shape index (κ2) is 9.47. The number of carboxylic acid groups (broad SMARTS) is 1. The molecule has 5 nitrogen and oxygen atoms in total. The van der Waals surface area contributed by atoms with Crippen LogP contribution in [0.5, 0.6) is 0 Å². The van der Waals surface area contributed by atoms with E-state index in [2.05, 4.69) is 12.3 Å². The Balaban J connectivity index is 0. The fraction of sp³-hybridized carbons (Fsp3) is 0.333. The van der Waals surface area contributed by atoms with E-state index in [9.17, 15) is 9.59 Å². The lowest BCUT2D eigenvalue weighted by atomic mass is 10.2. The zero-order chi connectivity index (χ0) is 11.6. The van der Waals surface area contributed by atoms with E-state index in [0.29, 0.717) is 6.42 Å². The van der Waals surface area contributed by atoms with Crippen molar-refractivity contribution in [2.75, 3.05) is 6.61 Å². The van der Waals surface area contributed by atoms with Crippen molar-refractivity contribution in [1.82, 2.24) is 0 Å². The van der Waals surface area contributed by atoms with Crippen LogP contribution in [-0.4, -0.2) is 28.7 Å². The lowest BCUT2D eigenvalue weighted by Crippen LogP contribution is -2.04.